The second-order valence-corrected chi connectivity index (χ2v) is 6.93. The van der Waals surface area contributed by atoms with Gasteiger partial charge in [0.15, 0.2) is 0 Å². The number of benzene rings is 1. The lowest BCUT2D eigenvalue weighted by Gasteiger charge is -2.37. The summed E-state index contributed by atoms with van der Waals surface area (Å²) < 4.78 is 40.0. The Labute approximate surface area is 116 Å². The molecule has 0 bridgehead atoms. The average Bonchev–Trinajstić information content (AvgIpc) is 2.30. The van der Waals surface area contributed by atoms with Crippen LogP contribution in [0.3, 0.4) is 0 Å². The Bertz CT molecular complexity index is 638. The zero-order chi connectivity index (χ0) is 15.0. The van der Waals surface area contributed by atoms with Gasteiger partial charge in [-0.25, -0.2) is 17.5 Å². The first-order valence-electron chi connectivity index (χ1n) is 6.26. The molecule has 7 heteroatoms. The summed E-state index contributed by atoms with van der Waals surface area (Å²) in [6.07, 6.45) is 1.62. The first-order chi connectivity index (χ1) is 9.27. The van der Waals surface area contributed by atoms with E-state index in [9.17, 15) is 17.6 Å². The molecule has 1 aromatic carbocycles. The van der Waals surface area contributed by atoms with Gasteiger partial charge in [-0.3, -0.25) is 4.79 Å². The van der Waals surface area contributed by atoms with Crippen LogP contribution in [0, 0.1) is 18.2 Å². The third kappa shape index (κ3) is 2.69. The highest BCUT2D eigenvalue weighted by molar-refractivity contribution is 7.89. The zero-order valence-corrected chi connectivity index (χ0v) is 11.8. The van der Waals surface area contributed by atoms with Gasteiger partial charge in [0.2, 0.25) is 10.0 Å². The third-order valence-electron chi connectivity index (χ3n) is 3.74. The third-order valence-corrected chi connectivity index (χ3v) is 5.16. The van der Waals surface area contributed by atoms with Gasteiger partial charge in [-0.05, 0) is 37.5 Å². The second-order valence-electron chi connectivity index (χ2n) is 5.20. The predicted octanol–water partition coefficient (Wildman–Crippen LogP) is 1.67. The molecule has 0 amide bonds. The summed E-state index contributed by atoms with van der Waals surface area (Å²) in [4.78, 5) is 10.7. The lowest BCUT2D eigenvalue weighted by atomic mass is 9.69. The van der Waals surface area contributed by atoms with E-state index in [-0.39, 0.29) is 6.54 Å². The first-order valence-corrected chi connectivity index (χ1v) is 7.74. The van der Waals surface area contributed by atoms with Crippen molar-refractivity contribution in [1.29, 1.82) is 0 Å². The Morgan fingerprint density at radius 3 is 2.60 bits per heavy atom. The molecule has 1 saturated carbocycles. The summed E-state index contributed by atoms with van der Waals surface area (Å²) in [6.45, 7) is 1.45. The monoisotopic (exact) mass is 301 g/mol. The van der Waals surface area contributed by atoms with Gasteiger partial charge in [0.05, 0.1) is 5.41 Å². The van der Waals surface area contributed by atoms with Crippen molar-refractivity contribution in [3.05, 3.63) is 29.6 Å². The van der Waals surface area contributed by atoms with Gasteiger partial charge >= 0.3 is 5.97 Å². The molecule has 0 unspecified atom stereocenters. The number of hydrogen-bond donors (Lipinski definition) is 2. The molecule has 2 N–H and O–H groups in total. The van der Waals surface area contributed by atoms with E-state index < -0.39 is 32.1 Å². The molecule has 110 valence electrons. The van der Waals surface area contributed by atoms with Crippen molar-refractivity contribution >= 4 is 16.0 Å². The van der Waals surface area contributed by atoms with Gasteiger partial charge in [0.1, 0.15) is 10.7 Å². The zero-order valence-electron chi connectivity index (χ0n) is 11.0. The maximum absolute atomic E-state index is 13.6. The van der Waals surface area contributed by atoms with E-state index in [0.717, 1.165) is 12.5 Å². The fraction of sp³-hybridized carbons (Fsp3) is 0.462. The van der Waals surface area contributed by atoms with Gasteiger partial charge in [-0.15, -0.1) is 0 Å². The Morgan fingerprint density at radius 2 is 2.10 bits per heavy atom. The van der Waals surface area contributed by atoms with Crippen LogP contribution in [0.2, 0.25) is 0 Å². The highest BCUT2D eigenvalue weighted by atomic mass is 32.2. The van der Waals surface area contributed by atoms with Crippen molar-refractivity contribution in [2.24, 2.45) is 5.41 Å². The molecule has 1 aliphatic rings. The molecule has 0 saturated heterocycles. The number of carboxylic acid groups (broad SMARTS) is 1. The summed E-state index contributed by atoms with van der Waals surface area (Å²) >= 11 is 0. The number of hydrogen-bond acceptors (Lipinski definition) is 3. The standard InChI is InChI=1S/C13H16FNO4S/c1-9-3-4-10(14)11(7-9)20(18,19)15-8-13(12(16)17)5-2-6-13/h3-4,7,15H,2,5-6,8H2,1H3,(H,16,17). The number of carboxylic acids is 1. The van der Waals surface area contributed by atoms with Crippen LogP contribution >= 0.6 is 0 Å². The van der Waals surface area contributed by atoms with Crippen LogP contribution in [0.4, 0.5) is 4.39 Å². The highest BCUT2D eigenvalue weighted by Crippen LogP contribution is 2.40. The number of rotatable bonds is 5. The van der Waals surface area contributed by atoms with Crippen LogP contribution in [0.1, 0.15) is 24.8 Å². The van der Waals surface area contributed by atoms with Crippen LogP contribution in [0.5, 0.6) is 0 Å². The smallest absolute Gasteiger partial charge is 0.310 e. The van der Waals surface area contributed by atoms with Crippen molar-refractivity contribution in [2.75, 3.05) is 6.54 Å². The number of aryl methyl sites for hydroxylation is 1. The molecule has 1 fully saturated rings. The molecule has 1 aromatic rings. The lowest BCUT2D eigenvalue weighted by molar-refractivity contribution is -0.153. The Balaban J connectivity index is 2.20. The number of sulfonamides is 1. The molecular weight excluding hydrogens is 285 g/mol. The Kier molecular flexibility index (Phi) is 3.84. The van der Waals surface area contributed by atoms with Crippen LogP contribution in [-0.4, -0.2) is 26.0 Å². The molecule has 0 heterocycles. The topological polar surface area (TPSA) is 83.5 Å². The van der Waals surface area contributed by atoms with E-state index in [1.807, 2.05) is 0 Å². The van der Waals surface area contributed by atoms with Crippen molar-refractivity contribution in [3.63, 3.8) is 0 Å². The van der Waals surface area contributed by atoms with Crippen molar-refractivity contribution < 1.29 is 22.7 Å². The van der Waals surface area contributed by atoms with E-state index in [2.05, 4.69) is 4.72 Å². The molecule has 0 atom stereocenters. The van der Waals surface area contributed by atoms with Crippen LogP contribution in [-0.2, 0) is 14.8 Å². The summed E-state index contributed by atoms with van der Waals surface area (Å²) in [5, 5.41) is 9.14. The van der Waals surface area contributed by atoms with Crippen molar-refractivity contribution in [3.8, 4) is 0 Å². The van der Waals surface area contributed by atoms with Gasteiger partial charge in [0, 0.05) is 6.54 Å². The number of nitrogens with one attached hydrogen (secondary N) is 1. The molecule has 1 aliphatic carbocycles. The van der Waals surface area contributed by atoms with Gasteiger partial charge in [0.25, 0.3) is 0 Å². The van der Waals surface area contributed by atoms with E-state index in [4.69, 9.17) is 5.11 Å². The van der Waals surface area contributed by atoms with E-state index in [1.165, 1.54) is 12.1 Å². The molecule has 0 aliphatic heterocycles. The maximum Gasteiger partial charge on any atom is 0.310 e. The normalized spacial score (nSPS) is 17.5. The second kappa shape index (κ2) is 5.14. The minimum absolute atomic E-state index is 0.210. The summed E-state index contributed by atoms with van der Waals surface area (Å²) in [5.41, 5.74) is -0.434. The molecule has 5 nitrogen and oxygen atoms in total. The molecule has 2 rings (SSSR count). The average molecular weight is 301 g/mol. The minimum Gasteiger partial charge on any atom is -0.481 e. The SMILES string of the molecule is Cc1ccc(F)c(S(=O)(=O)NCC2(C(=O)O)CCC2)c1. The first kappa shape index (κ1) is 14.9. The van der Waals surface area contributed by atoms with Crippen LogP contribution in [0.15, 0.2) is 23.1 Å². The lowest BCUT2D eigenvalue weighted by Crippen LogP contribution is -2.47. The number of halogens is 1. The van der Waals surface area contributed by atoms with Crippen LogP contribution in [0.25, 0.3) is 0 Å². The predicted molar refractivity (Wildman–Crippen MR) is 70.2 cm³/mol. The van der Waals surface area contributed by atoms with Crippen LogP contribution < -0.4 is 4.72 Å². The highest BCUT2D eigenvalue weighted by Gasteiger charge is 2.45. The van der Waals surface area contributed by atoms with Gasteiger partial charge < -0.3 is 5.11 Å². The molecule has 0 spiro atoms. The summed E-state index contributed by atoms with van der Waals surface area (Å²) in [6, 6.07) is 3.78. The molecule has 0 aromatic heterocycles. The largest absolute Gasteiger partial charge is 0.481 e. The molecule has 0 radical (unpaired) electrons. The van der Waals surface area contributed by atoms with E-state index in [1.54, 1.807) is 6.92 Å². The molecule has 20 heavy (non-hydrogen) atoms. The summed E-state index contributed by atoms with van der Waals surface area (Å²) in [7, 11) is -4.04. The minimum atomic E-state index is -4.04. The fourth-order valence-corrected chi connectivity index (χ4v) is 3.48. The Morgan fingerprint density at radius 1 is 1.45 bits per heavy atom. The van der Waals surface area contributed by atoms with Gasteiger partial charge in [-0.1, -0.05) is 12.5 Å². The summed E-state index contributed by atoms with van der Waals surface area (Å²) in [5.74, 6) is -1.86. The van der Waals surface area contributed by atoms with Crippen molar-refractivity contribution in [1.82, 2.24) is 4.72 Å². The number of aliphatic carboxylic acids is 1. The molecular formula is C13H16FNO4S. The fourth-order valence-electron chi connectivity index (χ4n) is 2.20. The Hall–Kier alpha value is -1.47. The quantitative estimate of drug-likeness (QED) is 0.866. The van der Waals surface area contributed by atoms with E-state index in [0.29, 0.717) is 18.4 Å². The van der Waals surface area contributed by atoms with Gasteiger partial charge in [-0.2, -0.15) is 0 Å². The van der Waals surface area contributed by atoms with Crippen molar-refractivity contribution in [2.45, 2.75) is 31.1 Å². The maximum atomic E-state index is 13.6. The van der Waals surface area contributed by atoms with E-state index >= 15 is 0 Å². The number of carbonyl (C=O) groups is 1.